The van der Waals surface area contributed by atoms with Gasteiger partial charge in [-0.1, -0.05) is 12.1 Å². The molecule has 162 valence electrons. The molecule has 2 aromatic rings. The summed E-state index contributed by atoms with van der Waals surface area (Å²) in [5, 5.41) is 2.88. The third kappa shape index (κ3) is 6.69. The number of nitrogens with one attached hydrogen (secondary N) is 1. The van der Waals surface area contributed by atoms with E-state index < -0.39 is 6.61 Å². The number of amides is 1. The SMILES string of the molecule is Cc1cccc(N2CCN(CCCCNC(=O)c3ccc(OC(F)F)cc3)CC2)c1. The number of carbonyl (C=O) groups is 1. The fraction of sp³-hybridized carbons (Fsp3) is 0.435. The number of carbonyl (C=O) groups excluding carboxylic acids is 1. The van der Waals surface area contributed by atoms with Crippen LogP contribution in [0.1, 0.15) is 28.8 Å². The first-order valence-electron chi connectivity index (χ1n) is 10.4. The van der Waals surface area contributed by atoms with Gasteiger partial charge in [0.25, 0.3) is 5.91 Å². The molecular formula is C23H29F2N3O2. The van der Waals surface area contributed by atoms with Crippen LogP contribution in [0.2, 0.25) is 0 Å². The Kier molecular flexibility index (Phi) is 8.02. The summed E-state index contributed by atoms with van der Waals surface area (Å²) in [6, 6.07) is 14.4. The molecule has 7 heteroatoms. The van der Waals surface area contributed by atoms with E-state index in [4.69, 9.17) is 0 Å². The lowest BCUT2D eigenvalue weighted by molar-refractivity contribution is -0.0498. The molecule has 0 aromatic heterocycles. The van der Waals surface area contributed by atoms with Gasteiger partial charge in [-0.05, 0) is 68.3 Å². The van der Waals surface area contributed by atoms with E-state index >= 15 is 0 Å². The molecular weight excluding hydrogens is 388 g/mol. The quantitative estimate of drug-likeness (QED) is 0.628. The van der Waals surface area contributed by atoms with Gasteiger partial charge < -0.3 is 15.0 Å². The predicted molar refractivity (Wildman–Crippen MR) is 114 cm³/mol. The van der Waals surface area contributed by atoms with Crippen molar-refractivity contribution in [3.63, 3.8) is 0 Å². The molecule has 2 aromatic carbocycles. The van der Waals surface area contributed by atoms with Crippen LogP contribution >= 0.6 is 0 Å². The first kappa shape index (κ1) is 22.0. The number of hydrogen-bond acceptors (Lipinski definition) is 4. The molecule has 3 rings (SSSR count). The summed E-state index contributed by atoms with van der Waals surface area (Å²) in [4.78, 5) is 17.0. The molecule has 1 fully saturated rings. The predicted octanol–water partition coefficient (Wildman–Crippen LogP) is 3.93. The van der Waals surface area contributed by atoms with Gasteiger partial charge >= 0.3 is 6.61 Å². The lowest BCUT2D eigenvalue weighted by atomic mass is 10.2. The third-order valence-electron chi connectivity index (χ3n) is 5.27. The van der Waals surface area contributed by atoms with Crippen molar-refractivity contribution in [2.45, 2.75) is 26.4 Å². The van der Waals surface area contributed by atoms with Gasteiger partial charge in [0.05, 0.1) is 0 Å². The number of benzene rings is 2. The molecule has 1 aliphatic heterocycles. The second-order valence-electron chi connectivity index (χ2n) is 7.53. The Hall–Kier alpha value is -2.67. The van der Waals surface area contributed by atoms with E-state index in [1.165, 1.54) is 35.5 Å². The molecule has 0 spiro atoms. The molecule has 5 nitrogen and oxygen atoms in total. The van der Waals surface area contributed by atoms with Gasteiger partial charge in [-0.15, -0.1) is 0 Å². The van der Waals surface area contributed by atoms with Gasteiger partial charge in [0.1, 0.15) is 5.75 Å². The minimum absolute atomic E-state index is 0.0454. The number of hydrogen-bond donors (Lipinski definition) is 1. The minimum atomic E-state index is -2.87. The Morgan fingerprint density at radius 1 is 1.07 bits per heavy atom. The van der Waals surface area contributed by atoms with Crippen LogP contribution in [-0.2, 0) is 0 Å². The number of anilines is 1. The number of unbranched alkanes of at least 4 members (excludes halogenated alkanes) is 1. The summed E-state index contributed by atoms with van der Waals surface area (Å²) in [5.74, 6) is -0.158. The normalized spacial score (nSPS) is 14.7. The zero-order chi connectivity index (χ0) is 21.3. The lowest BCUT2D eigenvalue weighted by Gasteiger charge is -2.36. The molecule has 30 heavy (non-hydrogen) atoms. The molecule has 0 atom stereocenters. The maximum atomic E-state index is 12.2. The summed E-state index contributed by atoms with van der Waals surface area (Å²) < 4.78 is 28.6. The molecule has 1 N–H and O–H groups in total. The minimum Gasteiger partial charge on any atom is -0.435 e. The summed E-state index contributed by atoms with van der Waals surface area (Å²) in [7, 11) is 0. The highest BCUT2D eigenvalue weighted by molar-refractivity contribution is 5.94. The van der Waals surface area contributed by atoms with E-state index in [2.05, 4.69) is 51.0 Å². The number of piperazine rings is 1. The Balaban J connectivity index is 1.30. The highest BCUT2D eigenvalue weighted by Gasteiger charge is 2.16. The van der Waals surface area contributed by atoms with Gasteiger partial charge in [-0.3, -0.25) is 9.69 Å². The monoisotopic (exact) mass is 417 g/mol. The lowest BCUT2D eigenvalue weighted by Crippen LogP contribution is -2.46. The van der Waals surface area contributed by atoms with Crippen molar-refractivity contribution in [1.29, 1.82) is 0 Å². The molecule has 1 aliphatic rings. The highest BCUT2D eigenvalue weighted by Crippen LogP contribution is 2.18. The summed E-state index contributed by atoms with van der Waals surface area (Å²) in [6.45, 7) is 5.04. The highest BCUT2D eigenvalue weighted by atomic mass is 19.3. The average Bonchev–Trinajstić information content (AvgIpc) is 2.74. The number of halogens is 2. The Morgan fingerprint density at radius 2 is 1.80 bits per heavy atom. The third-order valence-corrected chi connectivity index (χ3v) is 5.27. The van der Waals surface area contributed by atoms with E-state index in [1.807, 2.05) is 0 Å². The van der Waals surface area contributed by atoms with Gasteiger partial charge in [-0.25, -0.2) is 0 Å². The number of rotatable bonds is 9. The van der Waals surface area contributed by atoms with Crippen LogP contribution in [0, 0.1) is 6.92 Å². The first-order chi connectivity index (χ1) is 14.5. The van der Waals surface area contributed by atoms with Gasteiger partial charge in [0.15, 0.2) is 0 Å². The van der Waals surface area contributed by atoms with Crippen LogP contribution in [0.15, 0.2) is 48.5 Å². The summed E-state index contributed by atoms with van der Waals surface area (Å²) in [5.41, 5.74) is 3.02. The molecule has 0 saturated carbocycles. The summed E-state index contributed by atoms with van der Waals surface area (Å²) in [6.07, 6.45) is 1.92. The fourth-order valence-electron chi connectivity index (χ4n) is 3.61. The van der Waals surface area contributed by atoms with Crippen LogP contribution in [0.3, 0.4) is 0 Å². The standard InChI is InChI=1S/C23H29F2N3O2/c1-18-5-4-6-20(17-18)28-15-13-27(14-16-28)12-3-2-11-26-22(29)19-7-9-21(10-8-19)30-23(24)25/h4-10,17,23H,2-3,11-16H2,1H3,(H,26,29). The van der Waals surface area contributed by atoms with Crippen molar-refractivity contribution in [3.05, 3.63) is 59.7 Å². The second kappa shape index (κ2) is 10.9. The number of aryl methyl sites for hydroxylation is 1. The van der Waals surface area contributed by atoms with E-state index in [1.54, 1.807) is 0 Å². The van der Waals surface area contributed by atoms with E-state index in [9.17, 15) is 13.6 Å². The topological polar surface area (TPSA) is 44.8 Å². The van der Waals surface area contributed by atoms with E-state index in [-0.39, 0.29) is 11.7 Å². The van der Waals surface area contributed by atoms with Gasteiger partial charge in [0.2, 0.25) is 0 Å². The zero-order valence-electron chi connectivity index (χ0n) is 17.3. The molecule has 1 heterocycles. The van der Waals surface area contributed by atoms with Crippen LogP contribution in [0.25, 0.3) is 0 Å². The summed E-state index contributed by atoms with van der Waals surface area (Å²) >= 11 is 0. The number of nitrogens with zero attached hydrogens (tertiary/aromatic N) is 2. The molecule has 1 saturated heterocycles. The van der Waals surface area contributed by atoms with E-state index in [0.717, 1.165) is 45.6 Å². The maximum absolute atomic E-state index is 12.2. The smallest absolute Gasteiger partial charge is 0.387 e. The fourth-order valence-corrected chi connectivity index (χ4v) is 3.61. The average molecular weight is 418 g/mol. The Bertz CT molecular complexity index is 806. The van der Waals surface area contributed by atoms with Crippen molar-refractivity contribution < 1.29 is 18.3 Å². The molecule has 1 amide bonds. The Labute approximate surface area is 176 Å². The van der Waals surface area contributed by atoms with Crippen LogP contribution in [0.5, 0.6) is 5.75 Å². The van der Waals surface area contributed by atoms with Gasteiger partial charge in [0, 0.05) is 44.0 Å². The van der Waals surface area contributed by atoms with Crippen molar-refractivity contribution in [3.8, 4) is 5.75 Å². The molecule has 0 aliphatic carbocycles. The molecule has 0 bridgehead atoms. The van der Waals surface area contributed by atoms with Gasteiger partial charge in [-0.2, -0.15) is 8.78 Å². The number of ether oxygens (including phenoxy) is 1. The van der Waals surface area contributed by atoms with Crippen LogP contribution in [0.4, 0.5) is 14.5 Å². The van der Waals surface area contributed by atoms with Crippen molar-refractivity contribution >= 4 is 11.6 Å². The van der Waals surface area contributed by atoms with Crippen molar-refractivity contribution in [2.75, 3.05) is 44.2 Å². The Morgan fingerprint density at radius 3 is 2.47 bits per heavy atom. The number of alkyl halides is 2. The maximum Gasteiger partial charge on any atom is 0.387 e. The zero-order valence-corrected chi connectivity index (χ0v) is 17.3. The second-order valence-corrected chi connectivity index (χ2v) is 7.53. The van der Waals surface area contributed by atoms with Crippen molar-refractivity contribution in [1.82, 2.24) is 10.2 Å². The largest absolute Gasteiger partial charge is 0.435 e. The molecule has 0 radical (unpaired) electrons. The van der Waals surface area contributed by atoms with Crippen LogP contribution in [-0.4, -0.2) is 56.7 Å². The first-order valence-corrected chi connectivity index (χ1v) is 10.4. The van der Waals surface area contributed by atoms with Crippen molar-refractivity contribution in [2.24, 2.45) is 0 Å². The molecule has 0 unspecified atom stereocenters. The van der Waals surface area contributed by atoms with E-state index in [0.29, 0.717) is 12.1 Å². The van der Waals surface area contributed by atoms with Crippen LogP contribution < -0.4 is 15.0 Å².